The fourth-order valence-corrected chi connectivity index (χ4v) is 2.57. The van der Waals surface area contributed by atoms with Crippen molar-refractivity contribution in [1.29, 1.82) is 0 Å². The minimum Gasteiger partial charge on any atom is -0.493 e. The smallest absolute Gasteiger partial charge is 0.306 e. The van der Waals surface area contributed by atoms with E-state index in [4.69, 9.17) is 9.84 Å². The summed E-state index contributed by atoms with van der Waals surface area (Å²) in [5.41, 5.74) is 1.45. The standard InChI is InChI=1S/C22H18O4/c23-21(19-10-9-17-5-1-2-6-18(17)15-19)11-8-16-4-3-7-20(14-16)26-13-12-22(24)25/h1-11,14-15H,12-13H2,(H,24,25)/b11-8+. The van der Waals surface area contributed by atoms with E-state index in [2.05, 4.69) is 0 Å². The first kappa shape index (κ1) is 17.4. The Morgan fingerprint density at radius 3 is 2.54 bits per heavy atom. The monoisotopic (exact) mass is 346 g/mol. The Bertz CT molecular complexity index is 973. The van der Waals surface area contributed by atoms with E-state index in [1.165, 1.54) is 6.08 Å². The average molecular weight is 346 g/mol. The molecule has 0 spiro atoms. The maximum Gasteiger partial charge on any atom is 0.306 e. The number of ketones is 1. The third-order valence-electron chi connectivity index (χ3n) is 3.90. The van der Waals surface area contributed by atoms with Crippen LogP contribution < -0.4 is 4.74 Å². The normalized spacial score (nSPS) is 10.9. The maximum absolute atomic E-state index is 12.4. The van der Waals surface area contributed by atoms with Gasteiger partial charge in [0.25, 0.3) is 0 Å². The number of fused-ring (bicyclic) bond motifs is 1. The van der Waals surface area contributed by atoms with Crippen LogP contribution in [0.3, 0.4) is 0 Å². The molecule has 0 heterocycles. The van der Waals surface area contributed by atoms with E-state index in [9.17, 15) is 9.59 Å². The number of ether oxygens (including phenoxy) is 1. The van der Waals surface area contributed by atoms with Gasteiger partial charge >= 0.3 is 5.97 Å². The highest BCUT2D eigenvalue weighted by Crippen LogP contribution is 2.18. The SMILES string of the molecule is O=C(O)CCOc1cccc(/C=C/C(=O)c2ccc3ccccc3c2)c1. The minimum absolute atomic E-state index is 0.0550. The van der Waals surface area contributed by atoms with Gasteiger partial charge in [0.05, 0.1) is 13.0 Å². The lowest BCUT2D eigenvalue weighted by Crippen LogP contribution is -2.04. The molecule has 0 saturated heterocycles. The van der Waals surface area contributed by atoms with Crippen molar-refractivity contribution in [2.75, 3.05) is 6.61 Å². The molecule has 1 N–H and O–H groups in total. The average Bonchev–Trinajstić information content (AvgIpc) is 2.66. The zero-order valence-corrected chi connectivity index (χ0v) is 14.1. The number of benzene rings is 3. The van der Waals surface area contributed by atoms with Gasteiger partial charge in [0.1, 0.15) is 5.75 Å². The number of hydrogen-bond donors (Lipinski definition) is 1. The van der Waals surface area contributed by atoms with Crippen LogP contribution in [0.5, 0.6) is 5.75 Å². The van der Waals surface area contributed by atoms with Gasteiger partial charge in [-0.1, -0.05) is 54.6 Å². The Labute approximate surface area is 151 Å². The summed E-state index contributed by atoms with van der Waals surface area (Å²) in [4.78, 5) is 22.9. The summed E-state index contributed by atoms with van der Waals surface area (Å²) in [5.74, 6) is -0.401. The molecule has 0 amide bonds. The van der Waals surface area contributed by atoms with Crippen molar-refractivity contribution in [2.24, 2.45) is 0 Å². The molecule has 4 nitrogen and oxygen atoms in total. The quantitative estimate of drug-likeness (QED) is 0.502. The minimum atomic E-state index is -0.901. The number of carbonyl (C=O) groups is 2. The van der Waals surface area contributed by atoms with Gasteiger partial charge in [-0.2, -0.15) is 0 Å². The fraction of sp³-hybridized carbons (Fsp3) is 0.0909. The number of carboxylic acid groups (broad SMARTS) is 1. The van der Waals surface area contributed by atoms with Crippen molar-refractivity contribution in [3.8, 4) is 5.75 Å². The van der Waals surface area contributed by atoms with Gasteiger partial charge in [-0.3, -0.25) is 9.59 Å². The summed E-state index contributed by atoms with van der Waals surface area (Å²) in [6, 6.07) is 20.7. The summed E-state index contributed by atoms with van der Waals surface area (Å²) < 4.78 is 5.40. The van der Waals surface area contributed by atoms with Crippen molar-refractivity contribution < 1.29 is 19.4 Å². The molecule has 26 heavy (non-hydrogen) atoms. The molecule has 3 aromatic rings. The molecule has 0 radical (unpaired) electrons. The highest BCUT2D eigenvalue weighted by Gasteiger charge is 2.03. The Morgan fingerprint density at radius 2 is 1.73 bits per heavy atom. The predicted octanol–water partition coefficient (Wildman–Crippen LogP) is 4.59. The molecule has 0 unspecified atom stereocenters. The largest absolute Gasteiger partial charge is 0.493 e. The molecule has 4 heteroatoms. The highest BCUT2D eigenvalue weighted by atomic mass is 16.5. The van der Waals surface area contributed by atoms with Crippen LogP contribution in [0.25, 0.3) is 16.8 Å². The van der Waals surface area contributed by atoms with Crippen LogP contribution >= 0.6 is 0 Å². The molecule has 3 aromatic carbocycles. The molecule has 0 aliphatic rings. The van der Waals surface area contributed by atoms with Crippen molar-refractivity contribution in [3.05, 3.63) is 83.9 Å². The molecule has 0 bridgehead atoms. The number of hydrogen-bond acceptors (Lipinski definition) is 3. The van der Waals surface area contributed by atoms with Crippen molar-refractivity contribution in [2.45, 2.75) is 6.42 Å². The second-order valence-corrected chi connectivity index (χ2v) is 5.82. The zero-order chi connectivity index (χ0) is 18.4. The third kappa shape index (κ3) is 4.57. The van der Waals surface area contributed by atoms with E-state index in [1.54, 1.807) is 24.3 Å². The van der Waals surface area contributed by atoms with E-state index >= 15 is 0 Å². The van der Waals surface area contributed by atoms with Crippen molar-refractivity contribution >= 4 is 28.6 Å². The van der Waals surface area contributed by atoms with Gasteiger partial charge < -0.3 is 9.84 Å². The number of carbonyl (C=O) groups excluding carboxylic acids is 1. The van der Waals surface area contributed by atoms with Crippen LogP contribution in [-0.4, -0.2) is 23.5 Å². The van der Waals surface area contributed by atoms with E-state index in [-0.39, 0.29) is 18.8 Å². The molecule has 0 saturated carbocycles. The van der Waals surface area contributed by atoms with Crippen molar-refractivity contribution in [3.63, 3.8) is 0 Å². The fourth-order valence-electron chi connectivity index (χ4n) is 2.57. The second kappa shape index (κ2) is 8.12. The first-order valence-electron chi connectivity index (χ1n) is 8.28. The van der Waals surface area contributed by atoms with Gasteiger partial charge in [-0.25, -0.2) is 0 Å². The van der Waals surface area contributed by atoms with Crippen LogP contribution in [0.4, 0.5) is 0 Å². The molecular weight excluding hydrogens is 328 g/mol. The summed E-state index contributed by atoms with van der Waals surface area (Å²) in [6.07, 6.45) is 3.20. The van der Waals surface area contributed by atoms with Gasteiger partial charge in [-0.15, -0.1) is 0 Å². The molecule has 0 aromatic heterocycles. The summed E-state index contributed by atoms with van der Waals surface area (Å²) in [5, 5.41) is 10.8. The Hall–Kier alpha value is -3.40. The van der Waals surface area contributed by atoms with Crippen LogP contribution in [0.2, 0.25) is 0 Å². The van der Waals surface area contributed by atoms with E-state index in [0.29, 0.717) is 11.3 Å². The maximum atomic E-state index is 12.4. The first-order valence-corrected chi connectivity index (χ1v) is 8.28. The number of aliphatic carboxylic acids is 1. The predicted molar refractivity (Wildman–Crippen MR) is 102 cm³/mol. The molecule has 0 aliphatic heterocycles. The number of carboxylic acids is 1. The van der Waals surface area contributed by atoms with Gasteiger partial charge in [0.15, 0.2) is 5.78 Å². The molecular formula is C22H18O4. The van der Waals surface area contributed by atoms with Crippen LogP contribution in [0.1, 0.15) is 22.3 Å². The van der Waals surface area contributed by atoms with Gasteiger partial charge in [0, 0.05) is 5.56 Å². The highest BCUT2D eigenvalue weighted by molar-refractivity contribution is 6.08. The van der Waals surface area contributed by atoms with Crippen LogP contribution in [0.15, 0.2) is 72.8 Å². The first-order chi connectivity index (χ1) is 12.6. The topological polar surface area (TPSA) is 63.6 Å². The van der Waals surface area contributed by atoms with Gasteiger partial charge in [-0.05, 0) is 40.6 Å². The summed E-state index contributed by atoms with van der Waals surface area (Å²) in [7, 11) is 0. The zero-order valence-electron chi connectivity index (χ0n) is 14.1. The van der Waals surface area contributed by atoms with Crippen LogP contribution in [0, 0.1) is 0 Å². The number of rotatable bonds is 7. The summed E-state index contributed by atoms with van der Waals surface area (Å²) in [6.45, 7) is 0.110. The summed E-state index contributed by atoms with van der Waals surface area (Å²) >= 11 is 0. The molecule has 130 valence electrons. The van der Waals surface area contributed by atoms with E-state index in [0.717, 1.165) is 16.3 Å². The molecule has 3 rings (SSSR count). The number of allylic oxidation sites excluding steroid dienone is 1. The Morgan fingerprint density at radius 1 is 0.923 bits per heavy atom. The van der Waals surface area contributed by atoms with E-state index in [1.807, 2.05) is 48.5 Å². The lowest BCUT2D eigenvalue weighted by molar-refractivity contribution is -0.137. The molecule has 0 aliphatic carbocycles. The van der Waals surface area contributed by atoms with E-state index < -0.39 is 5.97 Å². The Balaban J connectivity index is 1.70. The lowest BCUT2D eigenvalue weighted by Gasteiger charge is -2.05. The Kier molecular flexibility index (Phi) is 5.44. The molecule has 0 atom stereocenters. The van der Waals surface area contributed by atoms with Crippen molar-refractivity contribution in [1.82, 2.24) is 0 Å². The second-order valence-electron chi connectivity index (χ2n) is 5.82. The van der Waals surface area contributed by atoms with Gasteiger partial charge in [0.2, 0.25) is 0 Å². The van der Waals surface area contributed by atoms with Crippen LogP contribution in [-0.2, 0) is 4.79 Å². The third-order valence-corrected chi connectivity index (χ3v) is 3.90. The lowest BCUT2D eigenvalue weighted by atomic mass is 10.0. The molecule has 0 fully saturated rings.